The smallest absolute Gasteiger partial charge is 0.302 e. The molecule has 0 bridgehead atoms. The average molecular weight is 487 g/mol. The molecule has 1 aromatic heterocycles. The number of carbonyl (C=O) groups is 2. The van der Waals surface area contributed by atoms with Crippen molar-refractivity contribution in [3.8, 4) is 23.1 Å². The largest absolute Gasteiger partial charge is 0.493 e. The van der Waals surface area contributed by atoms with Crippen LogP contribution in [0.5, 0.6) is 23.1 Å². The average Bonchev–Trinajstić information content (AvgIpc) is 2.85. The van der Waals surface area contributed by atoms with E-state index in [0.717, 1.165) is 5.56 Å². The summed E-state index contributed by atoms with van der Waals surface area (Å²) in [5, 5.41) is 3.16. The Morgan fingerprint density at radius 3 is 2.40 bits per heavy atom. The maximum absolute atomic E-state index is 13.2. The molecule has 1 N–H and O–H groups in total. The molecule has 1 fully saturated rings. The van der Waals surface area contributed by atoms with E-state index in [4.69, 9.17) is 23.7 Å². The van der Waals surface area contributed by atoms with Gasteiger partial charge in [0.05, 0.1) is 33.0 Å². The third-order valence-electron chi connectivity index (χ3n) is 5.94. The minimum absolute atomic E-state index is 0.0975. The summed E-state index contributed by atoms with van der Waals surface area (Å²) < 4.78 is 27.5. The molecule has 0 spiro atoms. The second-order valence-corrected chi connectivity index (χ2v) is 8.24. The molecule has 9 heteroatoms. The lowest BCUT2D eigenvalue weighted by Crippen LogP contribution is -2.44. The molecule has 1 saturated carbocycles. The summed E-state index contributed by atoms with van der Waals surface area (Å²) in [7, 11) is 3.10. The molecule has 2 aromatic rings. The van der Waals surface area contributed by atoms with Gasteiger partial charge in [-0.2, -0.15) is 0 Å². The zero-order chi connectivity index (χ0) is 25.4. The van der Waals surface area contributed by atoms with E-state index in [2.05, 4.69) is 10.3 Å². The molecule has 0 radical (unpaired) electrons. The number of ether oxygens (including phenoxy) is 5. The van der Waals surface area contributed by atoms with Gasteiger partial charge in [0.25, 0.3) is 11.8 Å². The van der Waals surface area contributed by atoms with Crippen LogP contribution in [0.2, 0.25) is 0 Å². The van der Waals surface area contributed by atoms with E-state index in [1.807, 2.05) is 32.0 Å². The van der Waals surface area contributed by atoms with Gasteiger partial charge in [0, 0.05) is 31.1 Å². The lowest BCUT2D eigenvalue weighted by atomic mass is 9.78. The number of benzene rings is 1. The number of nitrogens with zero attached hydrogens (tertiary/aromatic N) is 1. The summed E-state index contributed by atoms with van der Waals surface area (Å²) >= 11 is 0. The molecule has 0 unspecified atom stereocenters. The van der Waals surface area contributed by atoms with Crippen LogP contribution in [-0.2, 0) is 9.53 Å². The molecule has 1 amide bonds. The second kappa shape index (κ2) is 12.3. The van der Waals surface area contributed by atoms with Crippen LogP contribution in [0.4, 0.5) is 0 Å². The molecule has 1 aliphatic rings. The first kappa shape index (κ1) is 26.1. The third kappa shape index (κ3) is 6.55. The molecule has 0 saturated heterocycles. The lowest BCUT2D eigenvalue weighted by Gasteiger charge is -2.36. The van der Waals surface area contributed by atoms with E-state index in [9.17, 15) is 9.59 Å². The van der Waals surface area contributed by atoms with E-state index in [-0.39, 0.29) is 29.9 Å². The summed E-state index contributed by atoms with van der Waals surface area (Å²) in [5.74, 6) is 1.33. The van der Waals surface area contributed by atoms with Crippen molar-refractivity contribution in [2.75, 3.05) is 27.4 Å². The fraction of sp³-hybridized carbons (Fsp3) is 0.500. The summed E-state index contributed by atoms with van der Waals surface area (Å²) in [5.41, 5.74) is 1.35. The number of amides is 1. The Bertz CT molecular complexity index is 1030. The number of aromatic nitrogens is 1. The van der Waals surface area contributed by atoms with Crippen molar-refractivity contribution in [1.29, 1.82) is 0 Å². The van der Waals surface area contributed by atoms with Crippen molar-refractivity contribution >= 4 is 11.9 Å². The third-order valence-corrected chi connectivity index (χ3v) is 5.94. The molecular weight excluding hydrogens is 452 g/mol. The van der Waals surface area contributed by atoms with Gasteiger partial charge < -0.3 is 29.0 Å². The van der Waals surface area contributed by atoms with E-state index in [1.165, 1.54) is 20.2 Å². The van der Waals surface area contributed by atoms with Crippen LogP contribution < -0.4 is 24.3 Å². The number of rotatable bonds is 10. The molecule has 9 nitrogen and oxygen atoms in total. The zero-order valence-electron chi connectivity index (χ0n) is 21.0. The van der Waals surface area contributed by atoms with Crippen molar-refractivity contribution in [1.82, 2.24) is 10.3 Å². The highest BCUT2D eigenvalue weighted by atomic mass is 16.5. The predicted octanol–water partition coefficient (Wildman–Crippen LogP) is 3.89. The van der Waals surface area contributed by atoms with Gasteiger partial charge in [-0.1, -0.05) is 6.07 Å². The molecule has 190 valence electrons. The van der Waals surface area contributed by atoms with Gasteiger partial charge in [-0.15, -0.1) is 0 Å². The van der Waals surface area contributed by atoms with E-state index in [1.54, 1.807) is 13.2 Å². The van der Waals surface area contributed by atoms with Crippen LogP contribution in [-0.4, -0.2) is 56.4 Å². The van der Waals surface area contributed by atoms with E-state index >= 15 is 0 Å². The second-order valence-electron chi connectivity index (χ2n) is 8.24. The minimum atomic E-state index is -0.311. The van der Waals surface area contributed by atoms with Crippen molar-refractivity contribution < 1.29 is 33.3 Å². The molecule has 3 rings (SSSR count). The summed E-state index contributed by atoms with van der Waals surface area (Å²) in [6.45, 7) is 6.09. The van der Waals surface area contributed by atoms with E-state index < -0.39 is 0 Å². The summed E-state index contributed by atoms with van der Waals surface area (Å²) in [4.78, 5) is 29.0. The quantitative estimate of drug-likeness (QED) is 0.504. The number of carbonyl (C=O) groups excluding carboxylic acids is 2. The Balaban J connectivity index is 1.88. The number of hydrogen-bond acceptors (Lipinski definition) is 8. The van der Waals surface area contributed by atoms with Gasteiger partial charge in [-0.3, -0.25) is 9.59 Å². The highest BCUT2D eigenvalue weighted by molar-refractivity contribution is 5.94. The molecular formula is C26H34N2O7. The Labute approximate surface area is 206 Å². The minimum Gasteiger partial charge on any atom is -0.493 e. The standard InChI is InChI=1S/C26H34N2O7/c1-6-33-23-12-17(8-11-22(23)31-4)20-14-19(35-16(3)29)9-10-21(20)28-25(30)18-13-24(34-7-2)26(32-5)27-15-18/h8,11-13,15,19-21H,6-7,9-10,14H2,1-5H3,(H,28,30)/t19-,20-,21-/m1/s1. The number of methoxy groups -OCH3 is 2. The molecule has 0 aliphatic heterocycles. The van der Waals surface area contributed by atoms with Gasteiger partial charge in [-0.05, 0) is 50.8 Å². The topological polar surface area (TPSA) is 105 Å². The maximum atomic E-state index is 13.2. The van der Waals surface area contributed by atoms with E-state index in [0.29, 0.717) is 61.2 Å². The normalized spacial score (nSPS) is 19.4. The SMILES string of the molecule is CCOc1cc([C@H]2C[C@H](OC(C)=O)CC[C@H]2NC(=O)c2cnc(OC)c(OCC)c2)ccc1OC. The van der Waals surface area contributed by atoms with Crippen LogP contribution >= 0.6 is 0 Å². The Morgan fingerprint density at radius 2 is 1.74 bits per heavy atom. The van der Waals surface area contributed by atoms with Crippen molar-refractivity contribution in [3.63, 3.8) is 0 Å². The number of hydrogen-bond donors (Lipinski definition) is 1. The first-order valence-electron chi connectivity index (χ1n) is 11.9. The first-order chi connectivity index (χ1) is 16.9. The Kier molecular flexibility index (Phi) is 9.17. The van der Waals surface area contributed by atoms with Crippen molar-refractivity contribution in [2.24, 2.45) is 0 Å². The van der Waals surface area contributed by atoms with Crippen LogP contribution in [0.3, 0.4) is 0 Å². The Hall–Kier alpha value is -3.49. The fourth-order valence-corrected chi connectivity index (χ4v) is 4.43. The van der Waals surface area contributed by atoms with Gasteiger partial charge in [0.15, 0.2) is 17.2 Å². The highest BCUT2D eigenvalue weighted by Gasteiger charge is 2.35. The molecule has 1 aromatic carbocycles. The van der Waals surface area contributed by atoms with Crippen LogP contribution in [0.1, 0.15) is 61.9 Å². The number of pyridine rings is 1. The lowest BCUT2D eigenvalue weighted by molar-refractivity contribution is -0.148. The Morgan fingerprint density at radius 1 is 1.00 bits per heavy atom. The number of nitrogens with one attached hydrogen (secondary N) is 1. The monoisotopic (exact) mass is 486 g/mol. The molecule has 35 heavy (non-hydrogen) atoms. The van der Waals surface area contributed by atoms with Crippen molar-refractivity contribution in [3.05, 3.63) is 41.6 Å². The number of esters is 1. The highest BCUT2D eigenvalue weighted by Crippen LogP contribution is 2.39. The van der Waals surface area contributed by atoms with Crippen LogP contribution in [0.15, 0.2) is 30.5 Å². The maximum Gasteiger partial charge on any atom is 0.302 e. The fourth-order valence-electron chi connectivity index (χ4n) is 4.43. The molecule has 1 aliphatic carbocycles. The summed E-state index contributed by atoms with van der Waals surface area (Å²) in [6, 6.07) is 7.20. The van der Waals surface area contributed by atoms with Crippen molar-refractivity contribution in [2.45, 2.75) is 58.1 Å². The zero-order valence-corrected chi connectivity index (χ0v) is 21.0. The van der Waals surface area contributed by atoms with Gasteiger partial charge in [0.1, 0.15) is 6.10 Å². The van der Waals surface area contributed by atoms with Gasteiger partial charge in [-0.25, -0.2) is 4.98 Å². The first-order valence-corrected chi connectivity index (χ1v) is 11.9. The van der Waals surface area contributed by atoms with Gasteiger partial charge >= 0.3 is 5.97 Å². The molecule has 1 heterocycles. The summed E-state index contributed by atoms with van der Waals surface area (Å²) in [6.07, 6.45) is 3.12. The predicted molar refractivity (Wildman–Crippen MR) is 130 cm³/mol. The van der Waals surface area contributed by atoms with Gasteiger partial charge in [0.2, 0.25) is 0 Å². The van der Waals surface area contributed by atoms with Crippen LogP contribution in [0, 0.1) is 0 Å². The molecule has 3 atom stereocenters. The van der Waals surface area contributed by atoms with Crippen LogP contribution in [0.25, 0.3) is 0 Å².